The number of aliphatic hydroxyl groups is 1. The molecule has 1 saturated heterocycles. The Morgan fingerprint density at radius 1 is 1.18 bits per heavy atom. The highest BCUT2D eigenvalue weighted by molar-refractivity contribution is 7.13. The maximum atomic E-state index is 12.7. The Morgan fingerprint density at radius 2 is 2.03 bits per heavy atom. The number of hydrogen-bond acceptors (Lipinski definition) is 8. The number of rotatable bonds is 7. The molecule has 0 radical (unpaired) electrons. The second-order valence-electron chi connectivity index (χ2n) is 9.60. The molecule has 0 saturated carbocycles. The first kappa shape index (κ1) is 24.7. The van der Waals surface area contributed by atoms with Gasteiger partial charge in [-0.3, -0.25) is 10.2 Å². The fourth-order valence-electron chi connectivity index (χ4n) is 4.94. The van der Waals surface area contributed by atoms with Crippen LogP contribution < -0.4 is 14.8 Å². The third-order valence-electron chi connectivity index (χ3n) is 7.01. The number of nitrogens with one attached hydrogen (secondary N) is 1. The summed E-state index contributed by atoms with van der Waals surface area (Å²) in [5.41, 5.74) is 4.60. The summed E-state index contributed by atoms with van der Waals surface area (Å²) in [4.78, 5) is 19.9. The van der Waals surface area contributed by atoms with Crippen molar-refractivity contribution in [2.75, 3.05) is 25.2 Å². The Labute approximate surface area is 224 Å². The van der Waals surface area contributed by atoms with Crippen LogP contribution in [-0.2, 0) is 24.4 Å². The molecule has 38 heavy (non-hydrogen) atoms. The second-order valence-corrected chi connectivity index (χ2v) is 10.5. The van der Waals surface area contributed by atoms with Crippen LogP contribution in [0.1, 0.15) is 31.0 Å². The number of thiazole rings is 1. The van der Waals surface area contributed by atoms with Crippen molar-refractivity contribution < 1.29 is 24.1 Å². The van der Waals surface area contributed by atoms with E-state index in [1.807, 2.05) is 24.4 Å². The minimum atomic E-state index is -0.522. The van der Waals surface area contributed by atoms with Gasteiger partial charge in [-0.05, 0) is 55.7 Å². The molecule has 10 heteroatoms. The van der Waals surface area contributed by atoms with Crippen LogP contribution in [0.3, 0.4) is 0 Å². The van der Waals surface area contributed by atoms with E-state index in [0.717, 1.165) is 71.8 Å². The summed E-state index contributed by atoms with van der Waals surface area (Å²) in [6.07, 6.45) is 2.87. The van der Waals surface area contributed by atoms with Gasteiger partial charge in [0.1, 0.15) is 11.6 Å². The fourth-order valence-corrected chi connectivity index (χ4v) is 5.74. The molecule has 0 bridgehead atoms. The van der Waals surface area contributed by atoms with Crippen LogP contribution in [0.4, 0.5) is 10.5 Å². The van der Waals surface area contributed by atoms with E-state index in [9.17, 15) is 9.90 Å². The normalized spacial score (nSPS) is 15.7. The molecule has 0 spiro atoms. The number of benzene rings is 2. The monoisotopic (exact) mass is 534 g/mol. The van der Waals surface area contributed by atoms with E-state index in [2.05, 4.69) is 45.3 Å². The highest BCUT2D eigenvalue weighted by atomic mass is 32.1. The number of aromatic nitrogens is 2. The van der Waals surface area contributed by atoms with Crippen molar-refractivity contribution in [1.82, 2.24) is 14.5 Å². The number of likely N-dealkylation sites (tertiary alicyclic amines) is 1. The third-order valence-corrected chi connectivity index (χ3v) is 7.95. The molecule has 2 aliphatic heterocycles. The summed E-state index contributed by atoms with van der Waals surface area (Å²) < 4.78 is 18.3. The lowest BCUT2D eigenvalue weighted by molar-refractivity contribution is 0.0787. The van der Waals surface area contributed by atoms with Crippen molar-refractivity contribution >= 4 is 34.0 Å². The molecule has 1 amide bonds. The Hall–Kier alpha value is -3.60. The number of carbonyl (C=O) groups is 1. The number of aryl methyl sites for hydroxylation is 1. The van der Waals surface area contributed by atoms with Gasteiger partial charge in [-0.15, -0.1) is 11.3 Å². The van der Waals surface area contributed by atoms with Crippen molar-refractivity contribution in [2.45, 2.75) is 45.6 Å². The first-order chi connectivity index (χ1) is 18.6. The Balaban J connectivity index is 1.16. The summed E-state index contributed by atoms with van der Waals surface area (Å²) in [7, 11) is 0. The number of piperidine rings is 1. The molecule has 0 aliphatic carbocycles. The largest absolute Gasteiger partial charge is 0.454 e. The number of amides is 1. The zero-order chi connectivity index (χ0) is 26.1. The van der Waals surface area contributed by atoms with Gasteiger partial charge in [0.05, 0.1) is 23.0 Å². The molecular weight excluding hydrogens is 504 g/mol. The molecule has 1 fully saturated rings. The molecule has 2 aromatic heterocycles. The zero-order valence-corrected chi connectivity index (χ0v) is 22.0. The molecule has 2 aromatic carbocycles. The van der Waals surface area contributed by atoms with E-state index in [1.165, 1.54) is 0 Å². The molecule has 2 aliphatic rings. The van der Waals surface area contributed by atoms with Crippen LogP contribution in [0.15, 0.2) is 48.0 Å². The van der Waals surface area contributed by atoms with E-state index < -0.39 is 6.09 Å². The second kappa shape index (κ2) is 10.6. The van der Waals surface area contributed by atoms with Crippen LogP contribution in [-0.4, -0.2) is 51.6 Å². The first-order valence-electron chi connectivity index (χ1n) is 12.9. The molecule has 4 aromatic rings. The lowest BCUT2D eigenvalue weighted by atomic mass is 10.1. The molecular formula is C28H30N4O5S. The fraction of sp³-hybridized carbons (Fsp3) is 0.357. The van der Waals surface area contributed by atoms with Crippen molar-refractivity contribution in [3.63, 3.8) is 0 Å². The van der Waals surface area contributed by atoms with Gasteiger partial charge in [0.2, 0.25) is 6.79 Å². The van der Waals surface area contributed by atoms with Gasteiger partial charge >= 0.3 is 6.09 Å². The van der Waals surface area contributed by atoms with Crippen LogP contribution in [0.2, 0.25) is 0 Å². The number of carbonyl (C=O) groups excluding carboxylic acids is 1. The van der Waals surface area contributed by atoms with E-state index in [-0.39, 0.29) is 19.5 Å². The SMILES string of the molecule is CCn1cc(NC(=O)OCc2ccc3c(c2)OCO3)c2cc(-c3nc(CN4CCC(O)CC4)cs3)ccc21. The maximum Gasteiger partial charge on any atom is 0.412 e. The molecule has 0 atom stereocenters. The highest BCUT2D eigenvalue weighted by Gasteiger charge is 2.19. The molecule has 2 N–H and O–H groups in total. The molecule has 6 rings (SSSR count). The summed E-state index contributed by atoms with van der Waals surface area (Å²) in [6.45, 7) is 5.75. The summed E-state index contributed by atoms with van der Waals surface area (Å²) >= 11 is 1.62. The van der Waals surface area contributed by atoms with Gasteiger partial charge in [0, 0.05) is 48.7 Å². The average Bonchev–Trinajstić information content (AvgIpc) is 3.67. The number of nitrogens with zero attached hydrogens (tertiary/aromatic N) is 3. The van der Waals surface area contributed by atoms with E-state index in [0.29, 0.717) is 17.2 Å². The number of anilines is 1. The summed E-state index contributed by atoms with van der Waals surface area (Å²) in [5.74, 6) is 1.35. The molecule has 9 nitrogen and oxygen atoms in total. The van der Waals surface area contributed by atoms with Gasteiger partial charge in [-0.1, -0.05) is 6.07 Å². The topological polar surface area (TPSA) is 98.1 Å². The Morgan fingerprint density at radius 3 is 2.87 bits per heavy atom. The standard InChI is InChI=1S/C28H30N4O5S/c1-2-32-14-23(30-28(34)35-15-18-3-6-25-26(11-18)37-17-36-25)22-12-19(4-5-24(22)32)27-29-20(16-38-27)13-31-9-7-21(33)8-10-31/h3-6,11-12,14,16,21,33H,2,7-10,13,15,17H2,1H3,(H,30,34). The van der Waals surface area contributed by atoms with Crippen molar-refractivity contribution in [3.05, 3.63) is 59.2 Å². The van der Waals surface area contributed by atoms with Gasteiger partial charge < -0.3 is 23.9 Å². The quantitative estimate of drug-likeness (QED) is 0.336. The van der Waals surface area contributed by atoms with Crippen LogP contribution >= 0.6 is 11.3 Å². The Kier molecular flexibility index (Phi) is 6.92. The zero-order valence-electron chi connectivity index (χ0n) is 21.2. The number of fused-ring (bicyclic) bond motifs is 2. The average molecular weight is 535 g/mol. The molecule has 198 valence electrons. The van der Waals surface area contributed by atoms with Gasteiger partial charge in [-0.25, -0.2) is 9.78 Å². The van der Waals surface area contributed by atoms with Crippen molar-refractivity contribution in [2.24, 2.45) is 0 Å². The maximum absolute atomic E-state index is 12.7. The van der Waals surface area contributed by atoms with E-state index >= 15 is 0 Å². The number of aliphatic hydroxyl groups excluding tert-OH is 1. The lowest BCUT2D eigenvalue weighted by Crippen LogP contribution is -2.35. The predicted octanol–water partition coefficient (Wildman–Crippen LogP) is 5.22. The van der Waals surface area contributed by atoms with Crippen molar-refractivity contribution in [1.29, 1.82) is 0 Å². The molecule has 0 unspecified atom stereocenters. The van der Waals surface area contributed by atoms with Crippen LogP contribution in [0.25, 0.3) is 21.5 Å². The van der Waals surface area contributed by atoms with Crippen LogP contribution in [0, 0.1) is 0 Å². The van der Waals surface area contributed by atoms with E-state index in [1.54, 1.807) is 11.3 Å². The van der Waals surface area contributed by atoms with Gasteiger partial charge in [-0.2, -0.15) is 0 Å². The third kappa shape index (κ3) is 5.20. The van der Waals surface area contributed by atoms with Crippen LogP contribution in [0.5, 0.6) is 11.5 Å². The lowest BCUT2D eigenvalue weighted by Gasteiger charge is -2.28. The van der Waals surface area contributed by atoms with E-state index in [4.69, 9.17) is 19.2 Å². The Bertz CT molecular complexity index is 1460. The minimum absolute atomic E-state index is 0.123. The minimum Gasteiger partial charge on any atom is -0.454 e. The first-order valence-corrected chi connectivity index (χ1v) is 13.7. The summed E-state index contributed by atoms with van der Waals surface area (Å²) in [5, 5.41) is 16.7. The molecule has 4 heterocycles. The number of ether oxygens (including phenoxy) is 3. The number of hydrogen-bond donors (Lipinski definition) is 2. The van der Waals surface area contributed by atoms with Gasteiger partial charge in [0.15, 0.2) is 11.5 Å². The summed E-state index contributed by atoms with van der Waals surface area (Å²) in [6, 6.07) is 11.7. The van der Waals surface area contributed by atoms with Gasteiger partial charge in [0.25, 0.3) is 0 Å². The van der Waals surface area contributed by atoms with Crippen molar-refractivity contribution in [3.8, 4) is 22.1 Å². The highest BCUT2D eigenvalue weighted by Crippen LogP contribution is 2.34. The smallest absolute Gasteiger partial charge is 0.412 e. The predicted molar refractivity (Wildman–Crippen MR) is 146 cm³/mol.